The molecule has 0 unspecified atom stereocenters. The van der Waals surface area contributed by atoms with Gasteiger partial charge in [-0.15, -0.1) is 0 Å². The smallest absolute Gasteiger partial charge is 0.123 e. The van der Waals surface area contributed by atoms with E-state index in [0.717, 1.165) is 16.3 Å². The van der Waals surface area contributed by atoms with Crippen LogP contribution in [0.1, 0.15) is 11.1 Å². The first-order valence-corrected chi connectivity index (χ1v) is 4.38. The molecule has 70 valence electrons. The maximum absolute atomic E-state index is 7.44. The van der Waals surface area contributed by atoms with Crippen molar-refractivity contribution in [3.8, 4) is 0 Å². The molecule has 2 rings (SSSR count). The Morgan fingerprint density at radius 2 is 2.07 bits per heavy atom. The number of fused-ring (bicyclic) bond motifs is 1. The summed E-state index contributed by atoms with van der Waals surface area (Å²) in [5.41, 5.74) is 7.41. The van der Waals surface area contributed by atoms with Gasteiger partial charge in [0.05, 0.1) is 0 Å². The predicted molar refractivity (Wildman–Crippen MR) is 57.5 cm³/mol. The van der Waals surface area contributed by atoms with Gasteiger partial charge in [-0.2, -0.15) is 0 Å². The van der Waals surface area contributed by atoms with Gasteiger partial charge in [-0.25, -0.2) is 0 Å². The van der Waals surface area contributed by atoms with E-state index in [1.165, 1.54) is 5.56 Å². The molecular formula is C11H11N3. The highest BCUT2D eigenvalue weighted by molar-refractivity contribution is 6.07. The van der Waals surface area contributed by atoms with Crippen molar-refractivity contribution in [2.45, 2.75) is 6.92 Å². The Morgan fingerprint density at radius 1 is 1.29 bits per heavy atom. The number of rotatable bonds is 1. The highest BCUT2D eigenvalue weighted by Gasteiger charge is 2.04. The number of amidine groups is 1. The molecule has 0 spiro atoms. The van der Waals surface area contributed by atoms with Crippen LogP contribution in [-0.4, -0.2) is 10.8 Å². The summed E-state index contributed by atoms with van der Waals surface area (Å²) in [6.45, 7) is 2.03. The Balaban J connectivity index is 2.88. The van der Waals surface area contributed by atoms with Gasteiger partial charge in [0.2, 0.25) is 0 Å². The lowest BCUT2D eigenvalue weighted by atomic mass is 10.0. The molecule has 14 heavy (non-hydrogen) atoms. The van der Waals surface area contributed by atoms with Crippen molar-refractivity contribution in [1.82, 2.24) is 4.98 Å². The van der Waals surface area contributed by atoms with Crippen LogP contribution < -0.4 is 5.73 Å². The van der Waals surface area contributed by atoms with Crippen molar-refractivity contribution in [2.75, 3.05) is 0 Å². The number of hydrogen-bond donors (Lipinski definition) is 2. The molecule has 0 fully saturated rings. The zero-order valence-electron chi connectivity index (χ0n) is 7.91. The van der Waals surface area contributed by atoms with Crippen LogP contribution in [0.5, 0.6) is 0 Å². The fourth-order valence-corrected chi connectivity index (χ4v) is 1.58. The average molecular weight is 185 g/mol. The third-order valence-corrected chi connectivity index (χ3v) is 2.33. The minimum atomic E-state index is 0.0861. The van der Waals surface area contributed by atoms with Gasteiger partial charge in [0, 0.05) is 23.3 Å². The lowest BCUT2D eigenvalue weighted by molar-refractivity contribution is 1.34. The van der Waals surface area contributed by atoms with Gasteiger partial charge >= 0.3 is 0 Å². The molecule has 1 aromatic heterocycles. The Morgan fingerprint density at radius 3 is 2.79 bits per heavy atom. The minimum Gasteiger partial charge on any atom is -0.384 e. The third kappa shape index (κ3) is 1.23. The SMILES string of the molecule is Cc1ccc(C(=N)N)c2cnccc12. The second kappa shape index (κ2) is 3.10. The number of hydrogen-bond acceptors (Lipinski definition) is 2. The molecule has 3 N–H and O–H groups in total. The number of aromatic nitrogens is 1. The summed E-state index contributed by atoms with van der Waals surface area (Å²) >= 11 is 0. The molecular weight excluding hydrogens is 174 g/mol. The number of nitrogens with zero attached hydrogens (tertiary/aromatic N) is 1. The van der Waals surface area contributed by atoms with Crippen molar-refractivity contribution in [3.05, 3.63) is 41.7 Å². The van der Waals surface area contributed by atoms with Gasteiger partial charge in [0.1, 0.15) is 5.84 Å². The van der Waals surface area contributed by atoms with Crippen LogP contribution in [-0.2, 0) is 0 Å². The standard InChI is InChI=1S/C11H11N3/c1-7-2-3-9(11(12)13)10-6-14-5-4-8(7)10/h2-6H,1H3,(H3,12,13). The quantitative estimate of drug-likeness (QED) is 0.526. The maximum atomic E-state index is 7.44. The molecule has 1 heterocycles. The van der Waals surface area contributed by atoms with E-state index in [1.54, 1.807) is 12.4 Å². The van der Waals surface area contributed by atoms with Gasteiger partial charge in [0.15, 0.2) is 0 Å². The molecule has 3 nitrogen and oxygen atoms in total. The van der Waals surface area contributed by atoms with Crippen LogP contribution in [0.15, 0.2) is 30.6 Å². The summed E-state index contributed by atoms with van der Waals surface area (Å²) in [6, 6.07) is 5.78. The minimum absolute atomic E-state index is 0.0861. The summed E-state index contributed by atoms with van der Waals surface area (Å²) in [4.78, 5) is 4.04. The lowest BCUT2D eigenvalue weighted by Gasteiger charge is -2.06. The zero-order valence-corrected chi connectivity index (χ0v) is 7.91. The first-order chi connectivity index (χ1) is 6.70. The van der Waals surface area contributed by atoms with Crippen molar-refractivity contribution in [2.24, 2.45) is 5.73 Å². The molecule has 0 aliphatic carbocycles. The fraction of sp³-hybridized carbons (Fsp3) is 0.0909. The molecule has 1 aromatic carbocycles. The first-order valence-electron chi connectivity index (χ1n) is 4.38. The monoisotopic (exact) mass is 185 g/mol. The van der Waals surface area contributed by atoms with Crippen LogP contribution in [0.2, 0.25) is 0 Å². The highest BCUT2D eigenvalue weighted by Crippen LogP contribution is 2.20. The maximum Gasteiger partial charge on any atom is 0.123 e. The third-order valence-electron chi connectivity index (χ3n) is 2.33. The molecule has 2 aromatic rings. The molecule has 0 amide bonds. The topological polar surface area (TPSA) is 62.8 Å². The Kier molecular flexibility index (Phi) is 1.93. The van der Waals surface area contributed by atoms with Crippen LogP contribution in [0.4, 0.5) is 0 Å². The number of nitrogen functional groups attached to an aromatic ring is 1. The van der Waals surface area contributed by atoms with Crippen molar-refractivity contribution in [3.63, 3.8) is 0 Å². The van der Waals surface area contributed by atoms with E-state index in [1.807, 2.05) is 25.1 Å². The normalized spacial score (nSPS) is 10.4. The first kappa shape index (κ1) is 8.69. The average Bonchev–Trinajstić information content (AvgIpc) is 2.18. The van der Waals surface area contributed by atoms with Crippen LogP contribution >= 0.6 is 0 Å². The van der Waals surface area contributed by atoms with Crippen LogP contribution in [0, 0.1) is 12.3 Å². The van der Waals surface area contributed by atoms with Crippen LogP contribution in [0.3, 0.4) is 0 Å². The second-order valence-corrected chi connectivity index (χ2v) is 3.26. The van der Waals surface area contributed by atoms with Gasteiger partial charge < -0.3 is 5.73 Å². The van der Waals surface area contributed by atoms with E-state index >= 15 is 0 Å². The molecule has 0 saturated heterocycles. The molecule has 0 bridgehead atoms. The largest absolute Gasteiger partial charge is 0.384 e. The van der Waals surface area contributed by atoms with E-state index in [2.05, 4.69) is 4.98 Å². The predicted octanol–water partition coefficient (Wildman–Crippen LogP) is 1.83. The van der Waals surface area contributed by atoms with Gasteiger partial charge in [-0.05, 0) is 23.9 Å². The highest BCUT2D eigenvalue weighted by atomic mass is 14.7. The number of aryl methyl sites for hydroxylation is 1. The van der Waals surface area contributed by atoms with Gasteiger partial charge in [-0.1, -0.05) is 12.1 Å². The van der Waals surface area contributed by atoms with Crippen molar-refractivity contribution in [1.29, 1.82) is 5.41 Å². The zero-order chi connectivity index (χ0) is 10.1. The number of nitrogens with two attached hydrogens (primary N) is 1. The number of benzene rings is 1. The lowest BCUT2D eigenvalue weighted by Crippen LogP contribution is -2.11. The molecule has 0 aliphatic heterocycles. The molecule has 0 saturated carbocycles. The van der Waals surface area contributed by atoms with E-state index in [4.69, 9.17) is 11.1 Å². The summed E-state index contributed by atoms with van der Waals surface area (Å²) < 4.78 is 0. The Hall–Kier alpha value is -1.90. The summed E-state index contributed by atoms with van der Waals surface area (Å²) in [7, 11) is 0. The summed E-state index contributed by atoms with van der Waals surface area (Å²) in [6.07, 6.45) is 3.50. The van der Waals surface area contributed by atoms with E-state index in [9.17, 15) is 0 Å². The van der Waals surface area contributed by atoms with Gasteiger partial charge in [-0.3, -0.25) is 10.4 Å². The second-order valence-electron chi connectivity index (χ2n) is 3.26. The molecule has 0 radical (unpaired) electrons. The van der Waals surface area contributed by atoms with E-state index in [0.29, 0.717) is 0 Å². The van der Waals surface area contributed by atoms with E-state index < -0.39 is 0 Å². The van der Waals surface area contributed by atoms with Crippen LogP contribution in [0.25, 0.3) is 10.8 Å². The Bertz CT molecular complexity index is 503. The van der Waals surface area contributed by atoms with Gasteiger partial charge in [0.25, 0.3) is 0 Å². The van der Waals surface area contributed by atoms with Crippen molar-refractivity contribution < 1.29 is 0 Å². The van der Waals surface area contributed by atoms with Crippen molar-refractivity contribution >= 4 is 16.6 Å². The number of pyridine rings is 1. The molecule has 0 aliphatic rings. The summed E-state index contributed by atoms with van der Waals surface area (Å²) in [5.74, 6) is 0.0861. The molecule has 3 heteroatoms. The number of nitrogens with one attached hydrogen (secondary N) is 1. The van der Waals surface area contributed by atoms with E-state index in [-0.39, 0.29) is 5.84 Å². The Labute approximate surface area is 82.1 Å². The summed E-state index contributed by atoms with van der Waals surface area (Å²) in [5, 5.41) is 9.49. The molecule has 0 atom stereocenters. The fourth-order valence-electron chi connectivity index (χ4n) is 1.58.